The second kappa shape index (κ2) is 5.15. The van der Waals surface area contributed by atoms with E-state index >= 15 is 0 Å². The SMILES string of the molecule is CCN1C(=O)CC(C(N)=O)C1c1cc(F)c(F)c(F)c1. The van der Waals surface area contributed by atoms with E-state index < -0.39 is 35.3 Å². The van der Waals surface area contributed by atoms with Crippen LogP contribution >= 0.6 is 0 Å². The molecule has 7 heteroatoms. The minimum absolute atomic E-state index is 0.0258. The van der Waals surface area contributed by atoms with Crippen molar-refractivity contribution in [3.8, 4) is 0 Å². The molecule has 2 atom stereocenters. The fourth-order valence-electron chi connectivity index (χ4n) is 2.58. The summed E-state index contributed by atoms with van der Waals surface area (Å²) in [5, 5.41) is 0. The van der Waals surface area contributed by atoms with Crippen LogP contribution in [-0.2, 0) is 9.59 Å². The van der Waals surface area contributed by atoms with E-state index in [4.69, 9.17) is 5.73 Å². The number of likely N-dealkylation sites (tertiary alicyclic amines) is 1. The summed E-state index contributed by atoms with van der Waals surface area (Å²) in [6, 6.07) is 0.718. The highest BCUT2D eigenvalue weighted by molar-refractivity contribution is 5.89. The number of halogens is 3. The van der Waals surface area contributed by atoms with E-state index in [9.17, 15) is 22.8 Å². The number of benzene rings is 1. The average molecular weight is 286 g/mol. The molecule has 0 radical (unpaired) electrons. The maximum absolute atomic E-state index is 13.3. The second-order valence-electron chi connectivity index (χ2n) is 4.64. The fourth-order valence-corrected chi connectivity index (χ4v) is 2.58. The molecule has 2 unspecified atom stereocenters. The highest BCUT2D eigenvalue weighted by Crippen LogP contribution is 2.38. The topological polar surface area (TPSA) is 63.4 Å². The Bertz CT molecular complexity index is 554. The number of rotatable bonds is 3. The monoisotopic (exact) mass is 286 g/mol. The number of nitrogens with two attached hydrogens (primary N) is 1. The van der Waals surface area contributed by atoms with Gasteiger partial charge in [0.2, 0.25) is 11.8 Å². The van der Waals surface area contributed by atoms with Crippen molar-refractivity contribution in [3.05, 3.63) is 35.1 Å². The van der Waals surface area contributed by atoms with Gasteiger partial charge in [0.15, 0.2) is 17.5 Å². The smallest absolute Gasteiger partial charge is 0.223 e. The van der Waals surface area contributed by atoms with E-state index in [2.05, 4.69) is 0 Å². The third kappa shape index (κ3) is 2.23. The Morgan fingerprint density at radius 2 is 1.90 bits per heavy atom. The first kappa shape index (κ1) is 14.4. The number of carbonyl (C=O) groups is 2. The largest absolute Gasteiger partial charge is 0.369 e. The molecule has 0 spiro atoms. The minimum atomic E-state index is -1.59. The first-order valence-corrected chi connectivity index (χ1v) is 6.10. The van der Waals surface area contributed by atoms with Crippen molar-refractivity contribution in [2.24, 2.45) is 11.7 Å². The number of hydrogen-bond donors (Lipinski definition) is 1. The number of nitrogens with zero attached hydrogens (tertiary/aromatic N) is 1. The zero-order valence-electron chi connectivity index (χ0n) is 10.7. The molecule has 0 aromatic heterocycles. The van der Waals surface area contributed by atoms with Crippen molar-refractivity contribution < 1.29 is 22.8 Å². The molecule has 1 aromatic rings. The van der Waals surface area contributed by atoms with Gasteiger partial charge < -0.3 is 10.6 Å². The molecule has 0 aliphatic carbocycles. The number of amides is 2. The first-order valence-electron chi connectivity index (χ1n) is 6.10. The maximum atomic E-state index is 13.3. The molecule has 1 aromatic carbocycles. The van der Waals surface area contributed by atoms with E-state index in [-0.39, 0.29) is 24.4 Å². The molecule has 108 valence electrons. The molecule has 2 N–H and O–H groups in total. The molecule has 20 heavy (non-hydrogen) atoms. The van der Waals surface area contributed by atoms with E-state index in [1.165, 1.54) is 4.90 Å². The van der Waals surface area contributed by atoms with Gasteiger partial charge >= 0.3 is 0 Å². The predicted octanol–water partition coefficient (Wildman–Crippen LogP) is 1.50. The van der Waals surface area contributed by atoms with Gasteiger partial charge in [-0.2, -0.15) is 0 Å². The van der Waals surface area contributed by atoms with Crippen LogP contribution in [0, 0.1) is 23.4 Å². The van der Waals surface area contributed by atoms with Crippen LogP contribution in [0.5, 0.6) is 0 Å². The van der Waals surface area contributed by atoms with E-state index in [0.717, 1.165) is 12.1 Å². The molecular weight excluding hydrogens is 273 g/mol. The van der Waals surface area contributed by atoms with Crippen molar-refractivity contribution in [1.82, 2.24) is 4.90 Å². The van der Waals surface area contributed by atoms with Crippen molar-refractivity contribution >= 4 is 11.8 Å². The molecule has 4 nitrogen and oxygen atoms in total. The summed E-state index contributed by atoms with van der Waals surface area (Å²) in [6.45, 7) is 1.93. The van der Waals surface area contributed by atoms with Gasteiger partial charge in [0.25, 0.3) is 0 Å². The van der Waals surface area contributed by atoms with Crippen molar-refractivity contribution in [1.29, 1.82) is 0 Å². The molecule has 1 saturated heterocycles. The van der Waals surface area contributed by atoms with Crippen molar-refractivity contribution in [2.45, 2.75) is 19.4 Å². The zero-order chi connectivity index (χ0) is 15.0. The molecule has 1 aliphatic heterocycles. The third-order valence-electron chi connectivity index (χ3n) is 3.49. The van der Waals surface area contributed by atoms with E-state index in [0.29, 0.717) is 0 Å². The highest BCUT2D eigenvalue weighted by atomic mass is 19.2. The lowest BCUT2D eigenvalue weighted by atomic mass is 9.93. The van der Waals surface area contributed by atoms with Gasteiger partial charge in [-0.15, -0.1) is 0 Å². The lowest BCUT2D eigenvalue weighted by Crippen LogP contribution is -2.32. The van der Waals surface area contributed by atoms with Gasteiger partial charge in [0.1, 0.15) is 0 Å². The first-order chi connectivity index (χ1) is 9.36. The minimum Gasteiger partial charge on any atom is -0.369 e. The van der Waals surface area contributed by atoms with Gasteiger partial charge in [-0.25, -0.2) is 13.2 Å². The van der Waals surface area contributed by atoms with Crippen LogP contribution in [0.2, 0.25) is 0 Å². The Labute approximate surface area is 113 Å². The van der Waals surface area contributed by atoms with Gasteiger partial charge in [-0.3, -0.25) is 9.59 Å². The standard InChI is InChI=1S/C13H13F3N2O2/c1-2-18-10(19)5-7(13(17)20)12(18)6-3-8(14)11(16)9(15)4-6/h3-4,7,12H,2,5H2,1H3,(H2,17,20). The van der Waals surface area contributed by atoms with Crippen molar-refractivity contribution in [3.63, 3.8) is 0 Å². The summed E-state index contributed by atoms with van der Waals surface area (Å²) in [4.78, 5) is 24.5. The molecule has 0 bridgehead atoms. The molecule has 1 heterocycles. The molecule has 2 amide bonds. The molecule has 2 rings (SSSR count). The van der Waals surface area contributed by atoms with Gasteiger partial charge in [0, 0.05) is 13.0 Å². The average Bonchev–Trinajstić information content (AvgIpc) is 2.72. The number of primary amides is 1. The van der Waals surface area contributed by atoms with Crippen LogP contribution in [0.4, 0.5) is 13.2 Å². The summed E-state index contributed by atoms with van der Waals surface area (Å²) in [5.41, 5.74) is 5.26. The summed E-state index contributed by atoms with van der Waals surface area (Å²) < 4.78 is 39.6. The Kier molecular flexibility index (Phi) is 3.69. The Morgan fingerprint density at radius 1 is 1.35 bits per heavy atom. The van der Waals surface area contributed by atoms with Gasteiger partial charge in [-0.05, 0) is 24.6 Å². The van der Waals surface area contributed by atoms with Crippen LogP contribution in [0.25, 0.3) is 0 Å². The number of hydrogen-bond acceptors (Lipinski definition) is 2. The Morgan fingerprint density at radius 3 is 2.35 bits per heavy atom. The van der Waals surface area contributed by atoms with Gasteiger partial charge in [-0.1, -0.05) is 0 Å². The van der Waals surface area contributed by atoms with Crippen LogP contribution < -0.4 is 5.73 Å². The van der Waals surface area contributed by atoms with E-state index in [1.54, 1.807) is 6.92 Å². The summed E-state index contributed by atoms with van der Waals surface area (Å²) in [6.07, 6.45) is -0.117. The molecule has 0 saturated carbocycles. The fraction of sp³-hybridized carbons (Fsp3) is 0.385. The van der Waals surface area contributed by atoms with Crippen LogP contribution in [0.1, 0.15) is 24.9 Å². The third-order valence-corrected chi connectivity index (χ3v) is 3.49. The maximum Gasteiger partial charge on any atom is 0.223 e. The Balaban J connectivity index is 2.51. The second-order valence-corrected chi connectivity index (χ2v) is 4.64. The Hall–Kier alpha value is -2.05. The normalized spacial score (nSPS) is 22.4. The van der Waals surface area contributed by atoms with Gasteiger partial charge in [0.05, 0.1) is 12.0 Å². The number of carbonyl (C=O) groups excluding carboxylic acids is 2. The lowest BCUT2D eigenvalue weighted by molar-refractivity contribution is -0.129. The molecule has 1 aliphatic rings. The predicted molar refractivity (Wildman–Crippen MR) is 63.7 cm³/mol. The summed E-state index contributed by atoms with van der Waals surface area (Å²) in [5.74, 6) is -6.25. The quantitative estimate of drug-likeness (QED) is 0.856. The molecule has 1 fully saturated rings. The highest BCUT2D eigenvalue weighted by Gasteiger charge is 2.43. The van der Waals surface area contributed by atoms with Crippen LogP contribution in [-0.4, -0.2) is 23.3 Å². The van der Waals surface area contributed by atoms with E-state index in [1.807, 2.05) is 0 Å². The summed E-state index contributed by atoms with van der Waals surface area (Å²) in [7, 11) is 0. The lowest BCUT2D eigenvalue weighted by Gasteiger charge is -2.26. The van der Waals surface area contributed by atoms with Crippen molar-refractivity contribution in [2.75, 3.05) is 6.54 Å². The zero-order valence-corrected chi connectivity index (χ0v) is 10.7. The van der Waals surface area contributed by atoms with Crippen LogP contribution in [0.3, 0.4) is 0 Å². The molecular formula is C13H13F3N2O2. The van der Waals surface area contributed by atoms with Crippen LogP contribution in [0.15, 0.2) is 12.1 Å². The summed E-state index contributed by atoms with van der Waals surface area (Å²) >= 11 is 0.